The molecule has 3 rings (SSSR count). The third-order valence-corrected chi connectivity index (χ3v) is 5.85. The normalized spacial score (nSPS) is 41.8. The predicted molar refractivity (Wildman–Crippen MR) is 79.7 cm³/mol. The Morgan fingerprint density at radius 1 is 1.44 bits per heavy atom. The first-order chi connectivity index (χ1) is 8.33. The molecule has 3 heteroatoms. The van der Waals surface area contributed by atoms with Crippen molar-refractivity contribution in [1.82, 2.24) is 0 Å². The molecule has 3 aliphatic carbocycles. The van der Waals surface area contributed by atoms with Gasteiger partial charge in [0.25, 0.3) is 0 Å². The van der Waals surface area contributed by atoms with Gasteiger partial charge in [0.15, 0.2) is 0 Å². The fourth-order valence-corrected chi connectivity index (χ4v) is 5.25. The van der Waals surface area contributed by atoms with E-state index in [0.717, 1.165) is 11.8 Å². The molecule has 0 amide bonds. The van der Waals surface area contributed by atoms with Gasteiger partial charge in [-0.3, -0.25) is 0 Å². The van der Waals surface area contributed by atoms with Crippen molar-refractivity contribution in [2.24, 2.45) is 23.2 Å². The van der Waals surface area contributed by atoms with Crippen LogP contribution in [-0.2, 0) is 4.74 Å². The van der Waals surface area contributed by atoms with Crippen molar-refractivity contribution in [3.8, 4) is 0 Å². The molecular weight excluding hydrogens is 339 g/mol. The Kier molecular flexibility index (Phi) is 2.85. The molecule has 4 atom stereocenters. The van der Waals surface area contributed by atoms with Crippen LogP contribution in [-0.4, -0.2) is 9.58 Å². The minimum atomic E-state index is -0.333. The summed E-state index contributed by atoms with van der Waals surface area (Å²) in [5.41, 5.74) is 1.54. The first-order valence-electron chi connectivity index (χ1n) is 6.92. The van der Waals surface area contributed by atoms with E-state index in [1.807, 2.05) is 0 Å². The number of ether oxygens (including phenoxy) is 1. The zero-order valence-electron chi connectivity index (χ0n) is 11.3. The van der Waals surface area contributed by atoms with Crippen LogP contribution < -0.4 is 0 Å². The highest BCUT2D eigenvalue weighted by Crippen LogP contribution is 2.66. The summed E-state index contributed by atoms with van der Waals surface area (Å²) < 4.78 is 5.52. The second-order valence-electron chi connectivity index (χ2n) is 7.03. The van der Waals surface area contributed by atoms with Crippen molar-refractivity contribution in [3.05, 3.63) is 11.6 Å². The van der Waals surface area contributed by atoms with Crippen molar-refractivity contribution in [3.63, 3.8) is 0 Å². The molecule has 3 aliphatic rings. The maximum absolute atomic E-state index is 11.4. The van der Waals surface area contributed by atoms with Crippen molar-refractivity contribution in [1.29, 1.82) is 0 Å². The lowest BCUT2D eigenvalue weighted by Gasteiger charge is -2.44. The monoisotopic (exact) mass is 360 g/mol. The highest BCUT2D eigenvalue weighted by atomic mass is 127. The molecule has 100 valence electrons. The Morgan fingerprint density at radius 3 is 2.83 bits per heavy atom. The smallest absolute Gasteiger partial charge is 0.367 e. The Bertz CT molecular complexity index is 426. The molecule has 0 aromatic rings. The average molecular weight is 360 g/mol. The number of halogens is 1. The van der Waals surface area contributed by atoms with Crippen LogP contribution in [0.3, 0.4) is 0 Å². The molecule has 0 aromatic carbocycles. The van der Waals surface area contributed by atoms with Gasteiger partial charge in [0.05, 0.1) is 22.6 Å². The standard InChI is InChI=1S/C15H21IO2/c1-9-4-10-5-11-7-15(6-9,8-12(10)11)14(2,3)18-13(16)17/h4,9,11-12H,5-8H2,1-3H3. The van der Waals surface area contributed by atoms with Crippen LogP contribution in [0.15, 0.2) is 11.6 Å². The second-order valence-corrected chi connectivity index (χ2v) is 7.91. The van der Waals surface area contributed by atoms with E-state index in [4.69, 9.17) is 4.74 Å². The van der Waals surface area contributed by atoms with Crippen molar-refractivity contribution in [2.45, 2.75) is 52.1 Å². The molecule has 0 N–H and O–H groups in total. The average Bonchev–Trinajstić information content (AvgIpc) is 2.40. The first-order valence-corrected chi connectivity index (χ1v) is 8.00. The van der Waals surface area contributed by atoms with Crippen LogP contribution in [0, 0.1) is 23.2 Å². The molecule has 0 saturated heterocycles. The predicted octanol–water partition coefficient (Wildman–Crippen LogP) is 4.72. The molecule has 0 radical (unpaired) electrons. The van der Waals surface area contributed by atoms with Crippen LogP contribution in [0.2, 0.25) is 0 Å². The van der Waals surface area contributed by atoms with E-state index in [-0.39, 0.29) is 15.0 Å². The molecule has 4 unspecified atom stereocenters. The molecule has 2 fully saturated rings. The van der Waals surface area contributed by atoms with Gasteiger partial charge in [-0.15, -0.1) is 0 Å². The number of allylic oxidation sites excluding steroid dienone is 2. The van der Waals surface area contributed by atoms with Crippen molar-refractivity contribution >= 4 is 26.6 Å². The van der Waals surface area contributed by atoms with Gasteiger partial charge in [-0.1, -0.05) is 18.6 Å². The van der Waals surface area contributed by atoms with Crippen LogP contribution >= 0.6 is 22.6 Å². The maximum Gasteiger partial charge on any atom is 0.367 e. The highest BCUT2D eigenvalue weighted by Gasteiger charge is 2.60. The molecule has 0 spiro atoms. The van der Waals surface area contributed by atoms with E-state index in [1.54, 1.807) is 28.2 Å². The molecule has 0 heterocycles. The summed E-state index contributed by atoms with van der Waals surface area (Å²) in [5, 5.41) is 0. The number of fused-ring (bicyclic) bond motifs is 1. The number of hydrogen-bond donors (Lipinski definition) is 0. The lowest BCUT2D eigenvalue weighted by molar-refractivity contribution is -0.0626. The topological polar surface area (TPSA) is 26.3 Å². The molecule has 2 saturated carbocycles. The SMILES string of the molecule is CC1C=C2CC3CC(C(C)(C)OC(=O)I)(C1)CC23. The third-order valence-electron chi connectivity index (χ3n) is 5.63. The summed E-state index contributed by atoms with van der Waals surface area (Å²) in [4.78, 5) is 11.4. The van der Waals surface area contributed by atoms with Gasteiger partial charge >= 0.3 is 3.98 Å². The van der Waals surface area contributed by atoms with Crippen LogP contribution in [0.25, 0.3) is 0 Å². The third kappa shape index (κ3) is 1.76. The molecule has 18 heavy (non-hydrogen) atoms. The summed E-state index contributed by atoms with van der Waals surface area (Å²) in [5.74, 6) is 2.27. The van der Waals surface area contributed by atoms with E-state index in [0.29, 0.717) is 5.92 Å². The Hall–Kier alpha value is -0.0600. The van der Waals surface area contributed by atoms with Crippen molar-refractivity contribution < 1.29 is 9.53 Å². The summed E-state index contributed by atoms with van der Waals surface area (Å²) in [6.45, 7) is 6.54. The number of carbonyl (C=O) groups is 1. The minimum Gasteiger partial charge on any atom is -0.452 e. The van der Waals surface area contributed by atoms with Crippen LogP contribution in [0.1, 0.15) is 46.5 Å². The highest BCUT2D eigenvalue weighted by molar-refractivity contribution is 14.1. The lowest BCUT2D eigenvalue weighted by atomic mass is 9.65. The summed E-state index contributed by atoms with van der Waals surface area (Å²) in [7, 11) is 0. The summed E-state index contributed by atoms with van der Waals surface area (Å²) >= 11 is 1.76. The largest absolute Gasteiger partial charge is 0.452 e. The molecule has 0 aromatic heterocycles. The van der Waals surface area contributed by atoms with Gasteiger partial charge in [0.2, 0.25) is 0 Å². The van der Waals surface area contributed by atoms with Gasteiger partial charge < -0.3 is 4.74 Å². The fourth-order valence-electron chi connectivity index (χ4n) is 4.70. The number of carbonyl (C=O) groups excluding carboxylic acids is 1. The Labute approximate surface area is 123 Å². The Morgan fingerprint density at radius 2 is 2.17 bits per heavy atom. The quantitative estimate of drug-likeness (QED) is 0.405. The van der Waals surface area contributed by atoms with Gasteiger partial charge in [-0.25, -0.2) is 4.79 Å². The zero-order chi connectivity index (χ0) is 13.1. The van der Waals surface area contributed by atoms with Gasteiger partial charge in [0.1, 0.15) is 5.60 Å². The summed E-state index contributed by atoms with van der Waals surface area (Å²) in [6.07, 6.45) is 7.43. The zero-order valence-corrected chi connectivity index (χ0v) is 13.5. The van der Waals surface area contributed by atoms with E-state index >= 15 is 0 Å². The van der Waals surface area contributed by atoms with E-state index in [2.05, 4.69) is 26.8 Å². The van der Waals surface area contributed by atoms with E-state index in [9.17, 15) is 4.79 Å². The molecule has 0 aliphatic heterocycles. The number of rotatable bonds is 2. The minimum absolute atomic E-state index is 0.170. The molecule has 2 bridgehead atoms. The van der Waals surface area contributed by atoms with Gasteiger partial charge in [-0.2, -0.15) is 0 Å². The van der Waals surface area contributed by atoms with Crippen molar-refractivity contribution in [2.75, 3.05) is 0 Å². The maximum atomic E-state index is 11.4. The fraction of sp³-hybridized carbons (Fsp3) is 0.800. The van der Waals surface area contributed by atoms with Gasteiger partial charge in [-0.05, 0) is 57.3 Å². The Balaban J connectivity index is 1.93. The summed E-state index contributed by atoms with van der Waals surface area (Å²) in [6, 6.07) is 0. The van der Waals surface area contributed by atoms with Crippen LogP contribution in [0.5, 0.6) is 0 Å². The van der Waals surface area contributed by atoms with Crippen LogP contribution in [0.4, 0.5) is 4.79 Å². The lowest BCUT2D eigenvalue weighted by Crippen LogP contribution is -2.45. The van der Waals surface area contributed by atoms with E-state index in [1.165, 1.54) is 25.7 Å². The number of hydrogen-bond acceptors (Lipinski definition) is 2. The second kappa shape index (κ2) is 3.97. The molecular formula is C15H21IO2. The molecule has 2 nitrogen and oxygen atoms in total. The van der Waals surface area contributed by atoms with E-state index < -0.39 is 0 Å². The first kappa shape index (κ1) is 12.9. The van der Waals surface area contributed by atoms with Gasteiger partial charge in [0, 0.05) is 5.41 Å².